The predicted molar refractivity (Wildman–Crippen MR) is 81.2 cm³/mol. The maximum atomic E-state index is 10.4. The molecule has 0 aliphatic carbocycles. The van der Waals surface area contributed by atoms with Crippen molar-refractivity contribution in [3.8, 4) is 0 Å². The summed E-state index contributed by atoms with van der Waals surface area (Å²) in [5, 5.41) is 10.4. The normalized spacial score (nSPS) is 14.4. The average molecular weight is 325 g/mol. The Hall–Kier alpha value is -0.640. The summed E-state index contributed by atoms with van der Waals surface area (Å²) in [6.45, 7) is 2.13. The first-order chi connectivity index (χ1) is 8.70. The van der Waals surface area contributed by atoms with E-state index < -0.39 is 0 Å². The summed E-state index contributed by atoms with van der Waals surface area (Å²) < 4.78 is 1.12. The molecular weight excluding hydrogens is 308 g/mol. The lowest BCUT2D eigenvalue weighted by molar-refractivity contribution is 0.141. The molecule has 0 saturated carbocycles. The number of halogens is 1. The zero-order valence-electron chi connectivity index (χ0n) is 10.3. The zero-order chi connectivity index (χ0) is 13.0. The van der Waals surface area contributed by atoms with Gasteiger partial charge in [-0.2, -0.15) is 0 Å². The van der Waals surface area contributed by atoms with Crippen molar-refractivity contribution in [2.75, 3.05) is 0 Å². The SMILES string of the molecule is CCC(c1ccccc1)C(O)Cc1ccc(Br)s1. The zero-order valence-corrected chi connectivity index (χ0v) is 12.7. The molecule has 0 aliphatic heterocycles. The second-order valence-corrected chi connectivity index (χ2v) is 6.95. The highest BCUT2D eigenvalue weighted by Crippen LogP contribution is 2.29. The average Bonchev–Trinajstić information content (AvgIpc) is 2.77. The number of aliphatic hydroxyl groups excluding tert-OH is 1. The van der Waals surface area contributed by atoms with Gasteiger partial charge in [0.1, 0.15) is 0 Å². The highest BCUT2D eigenvalue weighted by molar-refractivity contribution is 9.11. The summed E-state index contributed by atoms with van der Waals surface area (Å²) in [7, 11) is 0. The van der Waals surface area contributed by atoms with Gasteiger partial charge in [-0.05, 0) is 40.0 Å². The molecular formula is C15H17BrOS. The monoisotopic (exact) mass is 324 g/mol. The molecule has 1 heterocycles. The Morgan fingerprint density at radius 3 is 2.44 bits per heavy atom. The highest BCUT2D eigenvalue weighted by Gasteiger charge is 2.20. The van der Waals surface area contributed by atoms with Crippen LogP contribution in [0.1, 0.15) is 29.7 Å². The van der Waals surface area contributed by atoms with E-state index >= 15 is 0 Å². The van der Waals surface area contributed by atoms with Gasteiger partial charge < -0.3 is 5.11 Å². The van der Waals surface area contributed by atoms with E-state index in [0.29, 0.717) is 0 Å². The molecule has 1 aromatic heterocycles. The molecule has 2 unspecified atom stereocenters. The van der Waals surface area contributed by atoms with Crippen molar-refractivity contribution in [2.24, 2.45) is 0 Å². The number of hydrogen-bond donors (Lipinski definition) is 1. The Bertz CT molecular complexity index is 480. The van der Waals surface area contributed by atoms with E-state index in [-0.39, 0.29) is 12.0 Å². The lowest BCUT2D eigenvalue weighted by Crippen LogP contribution is -2.20. The molecule has 0 amide bonds. The van der Waals surface area contributed by atoms with E-state index in [1.54, 1.807) is 11.3 Å². The Morgan fingerprint density at radius 2 is 1.89 bits per heavy atom. The van der Waals surface area contributed by atoms with Gasteiger partial charge in [0.15, 0.2) is 0 Å². The van der Waals surface area contributed by atoms with Crippen LogP contribution in [0, 0.1) is 0 Å². The third-order valence-electron chi connectivity index (χ3n) is 3.17. The first-order valence-electron chi connectivity index (χ1n) is 6.18. The fourth-order valence-electron chi connectivity index (χ4n) is 2.24. The second kappa shape index (κ2) is 6.50. The van der Waals surface area contributed by atoms with Crippen LogP contribution >= 0.6 is 27.3 Å². The number of aliphatic hydroxyl groups is 1. The van der Waals surface area contributed by atoms with Crippen molar-refractivity contribution in [3.05, 3.63) is 56.7 Å². The van der Waals surface area contributed by atoms with E-state index in [2.05, 4.69) is 41.1 Å². The summed E-state index contributed by atoms with van der Waals surface area (Å²) >= 11 is 5.15. The Balaban J connectivity index is 2.08. The van der Waals surface area contributed by atoms with Crippen molar-refractivity contribution in [2.45, 2.75) is 31.8 Å². The third kappa shape index (κ3) is 3.44. The molecule has 0 bridgehead atoms. The molecule has 0 spiro atoms. The highest BCUT2D eigenvalue weighted by atomic mass is 79.9. The quantitative estimate of drug-likeness (QED) is 0.851. The number of thiophene rings is 1. The van der Waals surface area contributed by atoms with Gasteiger partial charge in [-0.15, -0.1) is 11.3 Å². The van der Waals surface area contributed by atoms with E-state index in [4.69, 9.17) is 0 Å². The van der Waals surface area contributed by atoms with Crippen molar-refractivity contribution in [1.29, 1.82) is 0 Å². The fraction of sp³-hybridized carbons (Fsp3) is 0.333. The first kappa shape index (κ1) is 13.8. The van der Waals surface area contributed by atoms with E-state index in [0.717, 1.165) is 16.6 Å². The summed E-state index contributed by atoms with van der Waals surface area (Å²) in [4.78, 5) is 1.23. The molecule has 0 aliphatic rings. The van der Waals surface area contributed by atoms with Crippen molar-refractivity contribution in [3.63, 3.8) is 0 Å². The summed E-state index contributed by atoms with van der Waals surface area (Å²) in [6.07, 6.45) is 1.37. The van der Waals surface area contributed by atoms with Gasteiger partial charge in [0.25, 0.3) is 0 Å². The maximum absolute atomic E-state index is 10.4. The lowest BCUT2D eigenvalue weighted by atomic mass is 9.89. The number of rotatable bonds is 5. The van der Waals surface area contributed by atoms with Crippen LogP contribution in [0.4, 0.5) is 0 Å². The largest absolute Gasteiger partial charge is 0.392 e. The van der Waals surface area contributed by atoms with Crippen LogP contribution in [0.15, 0.2) is 46.3 Å². The van der Waals surface area contributed by atoms with E-state index in [1.165, 1.54) is 10.4 Å². The van der Waals surface area contributed by atoms with Gasteiger partial charge >= 0.3 is 0 Å². The van der Waals surface area contributed by atoms with Crippen LogP contribution in [-0.2, 0) is 6.42 Å². The van der Waals surface area contributed by atoms with Crippen molar-refractivity contribution in [1.82, 2.24) is 0 Å². The predicted octanol–water partition coefficient (Wildman–Crippen LogP) is 4.61. The minimum atomic E-state index is -0.317. The van der Waals surface area contributed by atoms with Crippen LogP contribution < -0.4 is 0 Å². The fourth-order valence-corrected chi connectivity index (χ4v) is 3.77. The molecule has 18 heavy (non-hydrogen) atoms. The molecule has 1 nitrogen and oxygen atoms in total. The molecule has 2 aromatic rings. The standard InChI is InChI=1S/C15H17BrOS/c1-2-13(11-6-4-3-5-7-11)14(17)10-12-8-9-15(16)18-12/h3-9,13-14,17H,2,10H2,1H3. The molecule has 1 aromatic carbocycles. The van der Waals surface area contributed by atoms with Crippen LogP contribution in [0.25, 0.3) is 0 Å². The number of benzene rings is 1. The Kier molecular flexibility index (Phi) is 4.98. The molecule has 3 heteroatoms. The molecule has 0 fully saturated rings. The Labute approximate surface area is 121 Å². The maximum Gasteiger partial charge on any atom is 0.0701 e. The minimum absolute atomic E-state index is 0.215. The van der Waals surface area contributed by atoms with Crippen LogP contribution in [0.5, 0.6) is 0 Å². The van der Waals surface area contributed by atoms with Gasteiger partial charge in [0, 0.05) is 17.2 Å². The van der Waals surface area contributed by atoms with Gasteiger partial charge in [0.05, 0.1) is 9.89 Å². The molecule has 0 saturated heterocycles. The lowest BCUT2D eigenvalue weighted by Gasteiger charge is -2.21. The van der Waals surface area contributed by atoms with Crippen LogP contribution in [0.2, 0.25) is 0 Å². The van der Waals surface area contributed by atoms with Gasteiger partial charge in [0.2, 0.25) is 0 Å². The van der Waals surface area contributed by atoms with E-state index in [9.17, 15) is 5.11 Å². The van der Waals surface area contributed by atoms with Crippen molar-refractivity contribution >= 4 is 27.3 Å². The van der Waals surface area contributed by atoms with Gasteiger partial charge in [-0.25, -0.2) is 0 Å². The Morgan fingerprint density at radius 1 is 1.17 bits per heavy atom. The first-order valence-corrected chi connectivity index (χ1v) is 7.79. The summed E-state index contributed by atoms with van der Waals surface area (Å²) in [5.41, 5.74) is 1.23. The molecule has 1 N–H and O–H groups in total. The number of hydrogen-bond acceptors (Lipinski definition) is 2. The van der Waals surface area contributed by atoms with Crippen molar-refractivity contribution < 1.29 is 5.11 Å². The molecule has 96 valence electrons. The van der Waals surface area contributed by atoms with Crippen LogP contribution in [-0.4, -0.2) is 11.2 Å². The smallest absolute Gasteiger partial charge is 0.0701 e. The molecule has 2 rings (SSSR count). The van der Waals surface area contributed by atoms with Gasteiger partial charge in [-0.1, -0.05) is 37.3 Å². The van der Waals surface area contributed by atoms with Crippen LogP contribution in [0.3, 0.4) is 0 Å². The third-order valence-corrected chi connectivity index (χ3v) is 4.82. The summed E-state index contributed by atoms with van der Waals surface area (Å²) in [5.74, 6) is 0.215. The van der Waals surface area contributed by atoms with Gasteiger partial charge in [-0.3, -0.25) is 0 Å². The summed E-state index contributed by atoms with van der Waals surface area (Å²) in [6, 6.07) is 14.4. The second-order valence-electron chi connectivity index (χ2n) is 4.40. The van der Waals surface area contributed by atoms with E-state index in [1.807, 2.05) is 24.3 Å². The topological polar surface area (TPSA) is 20.2 Å². The molecule has 2 atom stereocenters. The molecule has 0 radical (unpaired) electrons. The minimum Gasteiger partial charge on any atom is -0.392 e.